The molecule has 5 heteroatoms. The number of anilines is 1. The van der Waals surface area contributed by atoms with E-state index in [2.05, 4.69) is 5.32 Å². The summed E-state index contributed by atoms with van der Waals surface area (Å²) in [6.07, 6.45) is -0.692. The van der Waals surface area contributed by atoms with Crippen molar-refractivity contribution in [2.45, 2.75) is 32.9 Å². The summed E-state index contributed by atoms with van der Waals surface area (Å²) in [6.45, 7) is 7.16. The van der Waals surface area contributed by atoms with Crippen LogP contribution in [0.25, 0.3) is 0 Å². The Morgan fingerprint density at radius 3 is 2.60 bits per heavy atom. The number of hydrogen-bond donors (Lipinski definition) is 3. The summed E-state index contributed by atoms with van der Waals surface area (Å²) in [5.41, 5.74) is 7.12. The van der Waals surface area contributed by atoms with Crippen LogP contribution in [0, 0.1) is 0 Å². The fourth-order valence-electron chi connectivity index (χ4n) is 2.03. The maximum Gasteiger partial charge on any atom is 0.234 e. The van der Waals surface area contributed by atoms with Crippen molar-refractivity contribution in [2.75, 3.05) is 25.4 Å². The van der Waals surface area contributed by atoms with Gasteiger partial charge < -0.3 is 16.2 Å². The van der Waals surface area contributed by atoms with Gasteiger partial charge in [-0.1, -0.05) is 25.1 Å². The molecule has 0 spiro atoms. The number of aliphatic hydroxyl groups is 1. The minimum atomic E-state index is -0.692. The first-order valence-electron chi connectivity index (χ1n) is 6.98. The quantitative estimate of drug-likeness (QED) is 0.654. The number of aliphatic hydroxyl groups excluding tert-OH is 1. The molecule has 0 aliphatic heterocycles. The molecule has 1 atom stereocenters. The zero-order valence-electron chi connectivity index (χ0n) is 12.5. The number of carbonyl (C=O) groups excluding carboxylic acids is 1. The standard InChI is InChI=1S/C15H25N3O2/c1-4-18(10-15(20)17-11(2)3)9-14(19)12-7-5-6-8-13(12)16/h5-8,11,14,19H,4,9-10,16H2,1-3H3,(H,17,20). The van der Waals surface area contributed by atoms with Crippen LogP contribution < -0.4 is 11.1 Å². The molecule has 0 bridgehead atoms. The fraction of sp³-hybridized carbons (Fsp3) is 0.533. The van der Waals surface area contributed by atoms with Gasteiger partial charge in [0.15, 0.2) is 0 Å². The Hall–Kier alpha value is -1.59. The van der Waals surface area contributed by atoms with Crippen LogP contribution >= 0.6 is 0 Å². The Balaban J connectivity index is 2.60. The number of para-hydroxylation sites is 1. The van der Waals surface area contributed by atoms with Crippen molar-refractivity contribution < 1.29 is 9.90 Å². The van der Waals surface area contributed by atoms with E-state index in [4.69, 9.17) is 5.73 Å². The highest BCUT2D eigenvalue weighted by Crippen LogP contribution is 2.20. The fourth-order valence-corrected chi connectivity index (χ4v) is 2.03. The monoisotopic (exact) mass is 279 g/mol. The third-order valence-electron chi connectivity index (χ3n) is 3.05. The number of nitrogen functional groups attached to an aromatic ring is 1. The second-order valence-corrected chi connectivity index (χ2v) is 5.19. The van der Waals surface area contributed by atoms with E-state index >= 15 is 0 Å². The third kappa shape index (κ3) is 5.19. The number of likely N-dealkylation sites (N-methyl/N-ethyl adjacent to an activating group) is 1. The van der Waals surface area contributed by atoms with Crippen molar-refractivity contribution >= 4 is 11.6 Å². The molecule has 1 aromatic rings. The molecule has 4 N–H and O–H groups in total. The predicted molar refractivity (Wildman–Crippen MR) is 81.2 cm³/mol. The average molecular weight is 279 g/mol. The van der Waals surface area contributed by atoms with E-state index < -0.39 is 6.10 Å². The number of nitrogens with one attached hydrogen (secondary N) is 1. The Morgan fingerprint density at radius 2 is 2.05 bits per heavy atom. The minimum Gasteiger partial charge on any atom is -0.398 e. The first-order chi connectivity index (χ1) is 9.43. The van der Waals surface area contributed by atoms with Crippen molar-refractivity contribution in [3.05, 3.63) is 29.8 Å². The summed E-state index contributed by atoms with van der Waals surface area (Å²) < 4.78 is 0. The van der Waals surface area contributed by atoms with Gasteiger partial charge in [0, 0.05) is 23.8 Å². The number of nitrogens with zero attached hydrogens (tertiary/aromatic N) is 1. The molecule has 5 nitrogen and oxygen atoms in total. The molecular formula is C15H25N3O2. The molecule has 0 aliphatic rings. The number of carbonyl (C=O) groups is 1. The third-order valence-corrected chi connectivity index (χ3v) is 3.05. The molecule has 0 radical (unpaired) electrons. The van der Waals surface area contributed by atoms with E-state index in [0.717, 1.165) is 0 Å². The molecule has 1 amide bonds. The van der Waals surface area contributed by atoms with Crippen LogP contribution in [0.2, 0.25) is 0 Å². The highest BCUT2D eigenvalue weighted by atomic mass is 16.3. The molecule has 112 valence electrons. The van der Waals surface area contributed by atoms with Crippen molar-refractivity contribution in [3.8, 4) is 0 Å². The molecule has 0 heterocycles. The summed E-state index contributed by atoms with van der Waals surface area (Å²) in [4.78, 5) is 13.6. The second kappa shape index (κ2) is 7.87. The van der Waals surface area contributed by atoms with Gasteiger partial charge in [-0.15, -0.1) is 0 Å². The minimum absolute atomic E-state index is 0.0323. The molecule has 0 fully saturated rings. The van der Waals surface area contributed by atoms with Crippen LogP contribution in [-0.4, -0.2) is 41.6 Å². The Morgan fingerprint density at radius 1 is 1.40 bits per heavy atom. The van der Waals surface area contributed by atoms with Gasteiger partial charge in [0.05, 0.1) is 12.6 Å². The van der Waals surface area contributed by atoms with Gasteiger partial charge in [0.2, 0.25) is 5.91 Å². The van der Waals surface area contributed by atoms with Crippen molar-refractivity contribution in [3.63, 3.8) is 0 Å². The van der Waals surface area contributed by atoms with Crippen LogP contribution in [0.4, 0.5) is 5.69 Å². The Bertz CT molecular complexity index is 435. The van der Waals surface area contributed by atoms with E-state index in [1.54, 1.807) is 6.07 Å². The Kier molecular flexibility index (Phi) is 6.48. The molecule has 0 aromatic heterocycles. The average Bonchev–Trinajstić information content (AvgIpc) is 2.37. The first-order valence-corrected chi connectivity index (χ1v) is 6.98. The van der Waals surface area contributed by atoms with Crippen LogP contribution in [-0.2, 0) is 4.79 Å². The van der Waals surface area contributed by atoms with Gasteiger partial charge in [0.25, 0.3) is 0 Å². The second-order valence-electron chi connectivity index (χ2n) is 5.19. The highest BCUT2D eigenvalue weighted by Gasteiger charge is 2.17. The molecule has 20 heavy (non-hydrogen) atoms. The van der Waals surface area contributed by atoms with Crippen LogP contribution in [0.1, 0.15) is 32.4 Å². The van der Waals surface area contributed by atoms with Crippen molar-refractivity contribution in [2.24, 2.45) is 0 Å². The molecule has 0 saturated heterocycles. The van der Waals surface area contributed by atoms with E-state index in [1.807, 2.05) is 43.9 Å². The lowest BCUT2D eigenvalue weighted by Gasteiger charge is -2.24. The normalized spacial score (nSPS) is 12.7. The SMILES string of the molecule is CCN(CC(=O)NC(C)C)CC(O)c1ccccc1N. The van der Waals surface area contributed by atoms with Gasteiger partial charge >= 0.3 is 0 Å². The summed E-state index contributed by atoms with van der Waals surface area (Å²) in [7, 11) is 0. The molecular weight excluding hydrogens is 254 g/mol. The van der Waals surface area contributed by atoms with E-state index in [9.17, 15) is 9.90 Å². The first kappa shape index (κ1) is 16.5. The number of hydrogen-bond acceptors (Lipinski definition) is 4. The van der Waals surface area contributed by atoms with Crippen LogP contribution in [0.3, 0.4) is 0 Å². The summed E-state index contributed by atoms with van der Waals surface area (Å²) in [5, 5.41) is 13.1. The smallest absolute Gasteiger partial charge is 0.234 e. The van der Waals surface area contributed by atoms with Crippen LogP contribution in [0.15, 0.2) is 24.3 Å². The molecule has 0 saturated carbocycles. The van der Waals surface area contributed by atoms with Gasteiger partial charge in [-0.2, -0.15) is 0 Å². The number of amides is 1. The van der Waals surface area contributed by atoms with E-state index in [0.29, 0.717) is 24.3 Å². The highest BCUT2D eigenvalue weighted by molar-refractivity contribution is 5.78. The van der Waals surface area contributed by atoms with E-state index in [1.165, 1.54) is 0 Å². The lowest BCUT2D eigenvalue weighted by molar-refractivity contribution is -0.123. The number of rotatable bonds is 7. The van der Waals surface area contributed by atoms with Gasteiger partial charge in [-0.25, -0.2) is 0 Å². The number of benzene rings is 1. The molecule has 0 aliphatic carbocycles. The summed E-state index contributed by atoms with van der Waals surface area (Å²) >= 11 is 0. The zero-order chi connectivity index (χ0) is 15.1. The molecule has 1 aromatic carbocycles. The lowest BCUT2D eigenvalue weighted by atomic mass is 10.1. The van der Waals surface area contributed by atoms with E-state index in [-0.39, 0.29) is 18.5 Å². The Labute approximate surface area is 120 Å². The predicted octanol–water partition coefficient (Wildman–Crippen LogP) is 1.15. The largest absolute Gasteiger partial charge is 0.398 e. The topological polar surface area (TPSA) is 78.6 Å². The number of nitrogens with two attached hydrogens (primary N) is 1. The lowest BCUT2D eigenvalue weighted by Crippen LogP contribution is -2.41. The van der Waals surface area contributed by atoms with Crippen LogP contribution in [0.5, 0.6) is 0 Å². The van der Waals surface area contributed by atoms with Gasteiger partial charge in [0.1, 0.15) is 0 Å². The maximum atomic E-state index is 11.7. The maximum absolute atomic E-state index is 11.7. The molecule has 1 unspecified atom stereocenters. The zero-order valence-corrected chi connectivity index (χ0v) is 12.5. The van der Waals surface area contributed by atoms with Crippen molar-refractivity contribution in [1.82, 2.24) is 10.2 Å². The summed E-state index contributed by atoms with van der Waals surface area (Å²) in [6, 6.07) is 7.37. The van der Waals surface area contributed by atoms with Gasteiger partial charge in [-0.3, -0.25) is 9.69 Å². The summed E-state index contributed by atoms with van der Waals surface area (Å²) in [5.74, 6) is -0.0323. The van der Waals surface area contributed by atoms with Crippen molar-refractivity contribution in [1.29, 1.82) is 0 Å². The molecule has 1 rings (SSSR count). The van der Waals surface area contributed by atoms with Gasteiger partial charge in [-0.05, 0) is 26.5 Å².